The number of amides is 1. The first-order valence-corrected chi connectivity index (χ1v) is 16.1. The van der Waals surface area contributed by atoms with Crippen molar-refractivity contribution >= 4 is 21.6 Å². The van der Waals surface area contributed by atoms with Crippen molar-refractivity contribution in [2.45, 2.75) is 68.8 Å². The molecule has 1 fully saturated rings. The summed E-state index contributed by atoms with van der Waals surface area (Å²) in [5.74, 6) is 0.956. The fourth-order valence-electron chi connectivity index (χ4n) is 6.24. The standard InChI is InChI=1S/C34H38N4O3S/c1-23-10-13-26(14-11-23)42(40,41)36-31-16-17-34(2,3)30-15-12-25(20-29(30)31)38(22-32-35-18-19-37(32)4)33(39)28-21-27(28)24-8-6-5-7-9-24/h5-15,18-20,27-28,31,36H,16-17,21-22H2,1-4H3/t27-,28-,31+/m0/s1. The molecule has 2 aliphatic rings. The van der Waals surface area contributed by atoms with E-state index >= 15 is 0 Å². The predicted octanol–water partition coefficient (Wildman–Crippen LogP) is 6.16. The number of nitrogens with one attached hydrogen (secondary N) is 1. The van der Waals surface area contributed by atoms with Crippen LogP contribution in [0.25, 0.3) is 0 Å². The number of imidazole rings is 1. The number of carbonyl (C=O) groups excluding carboxylic acids is 1. The van der Waals surface area contributed by atoms with E-state index in [2.05, 4.69) is 41.8 Å². The zero-order chi connectivity index (χ0) is 29.6. The zero-order valence-corrected chi connectivity index (χ0v) is 25.4. The Morgan fingerprint density at radius 3 is 2.50 bits per heavy atom. The van der Waals surface area contributed by atoms with Crippen molar-refractivity contribution in [2.24, 2.45) is 13.0 Å². The summed E-state index contributed by atoms with van der Waals surface area (Å²) in [6.07, 6.45) is 5.95. The van der Waals surface area contributed by atoms with Crippen LogP contribution in [0, 0.1) is 12.8 Å². The molecule has 3 aromatic carbocycles. The van der Waals surface area contributed by atoms with Crippen molar-refractivity contribution in [3.63, 3.8) is 0 Å². The average Bonchev–Trinajstić information content (AvgIpc) is 3.68. The monoisotopic (exact) mass is 582 g/mol. The van der Waals surface area contributed by atoms with Gasteiger partial charge in [0, 0.05) is 37.1 Å². The second-order valence-electron chi connectivity index (χ2n) is 12.4. The maximum atomic E-state index is 14.1. The lowest BCUT2D eigenvalue weighted by atomic mass is 9.71. The number of hydrogen-bond donors (Lipinski definition) is 1. The van der Waals surface area contributed by atoms with Gasteiger partial charge in [-0.05, 0) is 78.5 Å². The van der Waals surface area contributed by atoms with E-state index < -0.39 is 16.1 Å². The summed E-state index contributed by atoms with van der Waals surface area (Å²) < 4.78 is 31.8. The number of benzene rings is 3. The molecule has 1 amide bonds. The van der Waals surface area contributed by atoms with Crippen molar-refractivity contribution < 1.29 is 13.2 Å². The van der Waals surface area contributed by atoms with Crippen molar-refractivity contribution in [1.29, 1.82) is 0 Å². The Morgan fingerprint density at radius 2 is 1.81 bits per heavy atom. The summed E-state index contributed by atoms with van der Waals surface area (Å²) in [7, 11) is -1.81. The topological polar surface area (TPSA) is 84.3 Å². The number of sulfonamides is 1. The molecule has 42 heavy (non-hydrogen) atoms. The molecule has 1 N–H and O–H groups in total. The molecule has 3 atom stereocenters. The van der Waals surface area contributed by atoms with E-state index in [1.165, 1.54) is 5.56 Å². The Labute approximate surface area is 248 Å². The van der Waals surface area contributed by atoms with Crippen molar-refractivity contribution in [2.75, 3.05) is 4.90 Å². The molecule has 0 unspecified atom stereocenters. The Kier molecular flexibility index (Phi) is 7.31. The number of anilines is 1. The van der Waals surface area contributed by atoms with Crippen LogP contribution in [0.1, 0.15) is 73.1 Å². The van der Waals surface area contributed by atoms with Gasteiger partial charge in [0.05, 0.1) is 11.4 Å². The summed E-state index contributed by atoms with van der Waals surface area (Å²) in [5, 5.41) is 0. The maximum Gasteiger partial charge on any atom is 0.241 e. The van der Waals surface area contributed by atoms with Gasteiger partial charge in [0.15, 0.2) is 0 Å². The molecule has 4 aromatic rings. The summed E-state index contributed by atoms with van der Waals surface area (Å²) >= 11 is 0. The van der Waals surface area contributed by atoms with Crippen LogP contribution in [0.3, 0.4) is 0 Å². The van der Waals surface area contributed by atoms with E-state index in [0.717, 1.165) is 41.0 Å². The Balaban J connectivity index is 1.36. The summed E-state index contributed by atoms with van der Waals surface area (Å²) in [5.41, 5.74) is 4.86. The van der Waals surface area contributed by atoms with E-state index in [1.54, 1.807) is 18.3 Å². The third kappa shape index (κ3) is 5.53. The number of nitrogens with zero attached hydrogens (tertiary/aromatic N) is 3. The van der Waals surface area contributed by atoms with E-state index in [4.69, 9.17) is 0 Å². The predicted molar refractivity (Wildman–Crippen MR) is 165 cm³/mol. The van der Waals surface area contributed by atoms with Crippen LogP contribution in [0.5, 0.6) is 0 Å². The van der Waals surface area contributed by atoms with Crippen LogP contribution >= 0.6 is 0 Å². The third-order valence-corrected chi connectivity index (χ3v) is 10.4. The lowest BCUT2D eigenvalue weighted by Crippen LogP contribution is -2.37. The van der Waals surface area contributed by atoms with E-state index in [1.807, 2.05) is 72.1 Å². The Hall–Kier alpha value is -3.75. The fourth-order valence-corrected chi connectivity index (χ4v) is 7.49. The fraction of sp³-hybridized carbons (Fsp3) is 0.353. The van der Waals surface area contributed by atoms with Crippen molar-refractivity contribution in [1.82, 2.24) is 14.3 Å². The molecule has 1 saturated carbocycles. The van der Waals surface area contributed by atoms with Crippen LogP contribution in [-0.2, 0) is 33.8 Å². The van der Waals surface area contributed by atoms with Crippen molar-refractivity contribution in [3.8, 4) is 0 Å². The molecule has 218 valence electrons. The van der Waals surface area contributed by atoms with Crippen LogP contribution in [0.2, 0.25) is 0 Å². The minimum absolute atomic E-state index is 0.0682. The van der Waals surface area contributed by atoms with Gasteiger partial charge >= 0.3 is 0 Å². The van der Waals surface area contributed by atoms with Crippen LogP contribution in [-0.4, -0.2) is 23.9 Å². The quantitative estimate of drug-likeness (QED) is 0.270. The largest absolute Gasteiger partial charge is 0.337 e. The molecule has 0 bridgehead atoms. The highest BCUT2D eigenvalue weighted by Crippen LogP contribution is 2.49. The molecule has 1 aromatic heterocycles. The first kappa shape index (κ1) is 28.4. The van der Waals surface area contributed by atoms with E-state index in [0.29, 0.717) is 13.0 Å². The normalized spacial score (nSPS) is 21.0. The number of carbonyl (C=O) groups is 1. The van der Waals surface area contributed by atoms with Gasteiger partial charge in [0.25, 0.3) is 0 Å². The van der Waals surface area contributed by atoms with Gasteiger partial charge in [-0.3, -0.25) is 4.79 Å². The molecular weight excluding hydrogens is 544 g/mol. The number of rotatable bonds is 8. The van der Waals surface area contributed by atoms with Gasteiger partial charge in [-0.15, -0.1) is 0 Å². The average molecular weight is 583 g/mol. The SMILES string of the molecule is Cc1ccc(S(=O)(=O)N[C@@H]2CCC(C)(C)c3ccc(N(Cc4nccn4C)C(=O)[C@H]4C[C@H]4c4ccccc4)cc32)cc1. The summed E-state index contributed by atoms with van der Waals surface area (Å²) in [6.45, 7) is 6.66. The minimum atomic E-state index is -3.74. The smallest absolute Gasteiger partial charge is 0.241 e. The molecule has 0 aliphatic heterocycles. The zero-order valence-electron chi connectivity index (χ0n) is 24.6. The minimum Gasteiger partial charge on any atom is -0.337 e. The maximum absolute atomic E-state index is 14.1. The molecule has 6 rings (SSSR count). The molecule has 7 nitrogen and oxygen atoms in total. The van der Waals surface area contributed by atoms with Crippen LogP contribution in [0.4, 0.5) is 5.69 Å². The van der Waals surface area contributed by atoms with Gasteiger partial charge in [-0.2, -0.15) is 0 Å². The molecule has 2 aliphatic carbocycles. The van der Waals surface area contributed by atoms with E-state index in [9.17, 15) is 13.2 Å². The summed E-state index contributed by atoms with van der Waals surface area (Å²) in [6, 6.07) is 22.8. The molecule has 0 radical (unpaired) electrons. The third-order valence-electron chi connectivity index (χ3n) is 8.96. The first-order valence-electron chi connectivity index (χ1n) is 14.6. The second-order valence-corrected chi connectivity index (χ2v) is 14.1. The van der Waals surface area contributed by atoms with Crippen LogP contribution < -0.4 is 9.62 Å². The number of fused-ring (bicyclic) bond motifs is 1. The molecule has 8 heteroatoms. The lowest BCUT2D eigenvalue weighted by Gasteiger charge is -2.38. The number of aromatic nitrogens is 2. The van der Waals surface area contributed by atoms with Crippen LogP contribution in [0.15, 0.2) is 90.1 Å². The molecule has 0 saturated heterocycles. The Bertz CT molecular complexity index is 1710. The Morgan fingerprint density at radius 1 is 1.07 bits per heavy atom. The highest BCUT2D eigenvalue weighted by Gasteiger charge is 2.46. The number of aryl methyl sites for hydroxylation is 2. The van der Waals surface area contributed by atoms with Gasteiger partial charge in [0.2, 0.25) is 15.9 Å². The molecule has 1 heterocycles. The van der Waals surface area contributed by atoms with Gasteiger partial charge in [0.1, 0.15) is 5.82 Å². The second kappa shape index (κ2) is 10.8. The van der Waals surface area contributed by atoms with Gasteiger partial charge in [-0.1, -0.05) is 67.9 Å². The molecular formula is C34H38N4O3S. The van der Waals surface area contributed by atoms with Gasteiger partial charge in [-0.25, -0.2) is 18.1 Å². The highest BCUT2D eigenvalue weighted by atomic mass is 32.2. The van der Waals surface area contributed by atoms with Gasteiger partial charge < -0.3 is 9.47 Å². The molecule has 0 spiro atoms. The first-order chi connectivity index (χ1) is 20.0. The number of hydrogen-bond acceptors (Lipinski definition) is 4. The lowest BCUT2D eigenvalue weighted by molar-refractivity contribution is -0.120. The summed E-state index contributed by atoms with van der Waals surface area (Å²) in [4.78, 5) is 20.7. The van der Waals surface area contributed by atoms with Crippen molar-refractivity contribution in [3.05, 3.63) is 113 Å². The highest BCUT2D eigenvalue weighted by molar-refractivity contribution is 7.89. The van der Waals surface area contributed by atoms with E-state index in [-0.39, 0.29) is 28.1 Å².